The molecule has 0 fully saturated rings. The average molecular weight is 450 g/mol. The van der Waals surface area contributed by atoms with Gasteiger partial charge in [-0.2, -0.15) is 0 Å². The highest BCUT2D eigenvalue weighted by Crippen LogP contribution is 2.32. The summed E-state index contributed by atoms with van der Waals surface area (Å²) in [5, 5.41) is 3.56. The summed E-state index contributed by atoms with van der Waals surface area (Å²) in [6.07, 6.45) is 0.823. The van der Waals surface area contributed by atoms with Crippen molar-refractivity contribution in [2.75, 3.05) is 11.9 Å². The molecule has 1 aliphatic rings. The SMILES string of the molecule is O=C(NS(=O)(=O)c1cc2c(cc1Br)CCN2)c1ccc(Cl)c(Cl)c1. The Balaban J connectivity index is 1.91. The Morgan fingerprint density at radius 3 is 2.62 bits per heavy atom. The van der Waals surface area contributed by atoms with Crippen LogP contribution in [0.3, 0.4) is 0 Å². The molecule has 126 valence electrons. The first-order valence-electron chi connectivity index (χ1n) is 6.86. The van der Waals surface area contributed by atoms with Crippen LogP contribution < -0.4 is 10.0 Å². The van der Waals surface area contributed by atoms with Crippen LogP contribution in [0.5, 0.6) is 0 Å². The van der Waals surface area contributed by atoms with E-state index in [1.807, 2.05) is 4.72 Å². The van der Waals surface area contributed by atoms with Crippen molar-refractivity contribution >= 4 is 60.7 Å². The summed E-state index contributed by atoms with van der Waals surface area (Å²) in [5.41, 5.74) is 1.88. The van der Waals surface area contributed by atoms with Gasteiger partial charge in [-0.15, -0.1) is 0 Å². The van der Waals surface area contributed by atoms with E-state index in [9.17, 15) is 13.2 Å². The number of anilines is 1. The van der Waals surface area contributed by atoms with Crippen LogP contribution in [0, 0.1) is 0 Å². The van der Waals surface area contributed by atoms with E-state index in [4.69, 9.17) is 23.2 Å². The van der Waals surface area contributed by atoms with Crippen molar-refractivity contribution in [3.63, 3.8) is 0 Å². The van der Waals surface area contributed by atoms with Crippen molar-refractivity contribution in [3.05, 3.63) is 56.0 Å². The smallest absolute Gasteiger partial charge is 0.265 e. The van der Waals surface area contributed by atoms with E-state index in [0.29, 0.717) is 4.47 Å². The fraction of sp³-hybridized carbons (Fsp3) is 0.133. The van der Waals surface area contributed by atoms with E-state index in [-0.39, 0.29) is 20.5 Å². The highest BCUT2D eigenvalue weighted by molar-refractivity contribution is 9.10. The van der Waals surface area contributed by atoms with Crippen molar-refractivity contribution in [1.29, 1.82) is 0 Å². The van der Waals surface area contributed by atoms with E-state index in [2.05, 4.69) is 21.2 Å². The Morgan fingerprint density at radius 1 is 1.17 bits per heavy atom. The number of sulfonamides is 1. The number of nitrogens with one attached hydrogen (secondary N) is 2. The van der Waals surface area contributed by atoms with Gasteiger partial charge in [0.15, 0.2) is 0 Å². The minimum Gasteiger partial charge on any atom is -0.384 e. The molecular weight excluding hydrogens is 439 g/mol. The Bertz CT molecular complexity index is 948. The summed E-state index contributed by atoms with van der Waals surface area (Å²) >= 11 is 14.9. The summed E-state index contributed by atoms with van der Waals surface area (Å²) in [7, 11) is -4.05. The molecule has 2 aromatic carbocycles. The van der Waals surface area contributed by atoms with Gasteiger partial charge in [-0.3, -0.25) is 4.79 Å². The van der Waals surface area contributed by atoms with Gasteiger partial charge in [-0.05, 0) is 58.2 Å². The van der Waals surface area contributed by atoms with Crippen molar-refractivity contribution in [1.82, 2.24) is 4.72 Å². The zero-order valence-electron chi connectivity index (χ0n) is 12.1. The van der Waals surface area contributed by atoms with Gasteiger partial charge < -0.3 is 5.32 Å². The van der Waals surface area contributed by atoms with Gasteiger partial charge >= 0.3 is 0 Å². The molecule has 5 nitrogen and oxygen atoms in total. The molecule has 0 aliphatic carbocycles. The fourth-order valence-electron chi connectivity index (χ4n) is 2.38. The van der Waals surface area contributed by atoms with Crippen LogP contribution in [-0.2, 0) is 16.4 Å². The van der Waals surface area contributed by atoms with E-state index >= 15 is 0 Å². The third-order valence-corrected chi connectivity index (χ3v) is 6.59. The molecule has 0 saturated heterocycles. The highest BCUT2D eigenvalue weighted by atomic mass is 79.9. The van der Waals surface area contributed by atoms with Crippen LogP contribution in [0.2, 0.25) is 10.0 Å². The Hall–Kier alpha value is -1.28. The fourth-order valence-corrected chi connectivity index (χ4v) is 4.77. The molecule has 2 aromatic rings. The Labute approximate surface area is 157 Å². The first kappa shape index (κ1) is 17.5. The predicted octanol–water partition coefficient (Wildman–Crippen LogP) is 3.84. The Morgan fingerprint density at radius 2 is 1.92 bits per heavy atom. The second-order valence-electron chi connectivity index (χ2n) is 5.18. The molecule has 0 aromatic heterocycles. The van der Waals surface area contributed by atoms with E-state index in [0.717, 1.165) is 24.2 Å². The van der Waals surface area contributed by atoms with E-state index in [1.165, 1.54) is 24.3 Å². The molecular formula is C15H11BrCl2N2O3S. The summed E-state index contributed by atoms with van der Waals surface area (Å²) < 4.78 is 27.5. The maximum atomic E-state index is 12.5. The minimum atomic E-state index is -4.05. The van der Waals surface area contributed by atoms with Crippen LogP contribution >= 0.6 is 39.1 Å². The van der Waals surface area contributed by atoms with Gasteiger partial charge in [0.05, 0.1) is 10.0 Å². The topological polar surface area (TPSA) is 75.3 Å². The van der Waals surface area contributed by atoms with Crippen molar-refractivity contribution in [3.8, 4) is 0 Å². The van der Waals surface area contributed by atoms with E-state index < -0.39 is 15.9 Å². The Kier molecular flexibility index (Phi) is 4.79. The number of rotatable bonds is 3. The quantitative estimate of drug-likeness (QED) is 0.746. The standard InChI is InChI=1S/C15H11BrCl2N2O3S/c16-10-5-8-3-4-19-13(8)7-14(10)24(22,23)20-15(21)9-1-2-11(17)12(18)6-9/h1-2,5-7,19H,3-4H2,(H,20,21). The molecule has 0 bridgehead atoms. The molecule has 0 radical (unpaired) electrons. The molecule has 0 unspecified atom stereocenters. The molecule has 2 N–H and O–H groups in total. The highest BCUT2D eigenvalue weighted by Gasteiger charge is 2.24. The van der Waals surface area contributed by atoms with Crippen LogP contribution in [0.1, 0.15) is 15.9 Å². The van der Waals surface area contributed by atoms with Gasteiger partial charge in [0.2, 0.25) is 0 Å². The van der Waals surface area contributed by atoms with Crippen LogP contribution in [-0.4, -0.2) is 20.9 Å². The lowest BCUT2D eigenvalue weighted by atomic mass is 10.2. The monoisotopic (exact) mass is 448 g/mol. The van der Waals surface area contributed by atoms with Crippen LogP contribution in [0.15, 0.2) is 39.7 Å². The maximum absolute atomic E-state index is 12.5. The number of halogens is 3. The normalized spacial score (nSPS) is 13.3. The number of carbonyl (C=O) groups is 1. The average Bonchev–Trinajstić information content (AvgIpc) is 2.95. The lowest BCUT2D eigenvalue weighted by Crippen LogP contribution is -2.30. The molecule has 3 rings (SSSR count). The predicted molar refractivity (Wildman–Crippen MR) is 97.4 cm³/mol. The maximum Gasteiger partial charge on any atom is 0.265 e. The lowest BCUT2D eigenvalue weighted by molar-refractivity contribution is 0.0981. The summed E-state index contributed by atoms with van der Waals surface area (Å²) in [6, 6.07) is 7.40. The molecule has 1 aliphatic heterocycles. The number of hydrogen-bond donors (Lipinski definition) is 2. The van der Waals surface area contributed by atoms with Crippen molar-refractivity contribution < 1.29 is 13.2 Å². The van der Waals surface area contributed by atoms with Crippen LogP contribution in [0.4, 0.5) is 5.69 Å². The minimum absolute atomic E-state index is 0.0101. The third kappa shape index (κ3) is 3.39. The lowest BCUT2D eigenvalue weighted by Gasteiger charge is -2.11. The van der Waals surface area contributed by atoms with Crippen LogP contribution in [0.25, 0.3) is 0 Å². The third-order valence-electron chi connectivity index (χ3n) is 3.57. The second-order valence-corrected chi connectivity index (χ2v) is 8.50. The molecule has 24 heavy (non-hydrogen) atoms. The van der Waals surface area contributed by atoms with Crippen molar-refractivity contribution in [2.24, 2.45) is 0 Å². The molecule has 0 spiro atoms. The zero-order chi connectivity index (χ0) is 17.5. The van der Waals surface area contributed by atoms with Gasteiger partial charge in [0.25, 0.3) is 15.9 Å². The number of carbonyl (C=O) groups excluding carboxylic acids is 1. The molecule has 0 saturated carbocycles. The number of hydrogen-bond acceptors (Lipinski definition) is 4. The summed E-state index contributed by atoms with van der Waals surface area (Å²) in [6.45, 7) is 0.751. The summed E-state index contributed by atoms with van der Waals surface area (Å²) in [5.74, 6) is -0.783. The summed E-state index contributed by atoms with van der Waals surface area (Å²) in [4.78, 5) is 12.2. The van der Waals surface area contributed by atoms with Gasteiger partial charge in [0.1, 0.15) is 4.90 Å². The molecule has 1 heterocycles. The number of fused-ring (bicyclic) bond motifs is 1. The molecule has 9 heteroatoms. The number of amides is 1. The van der Waals surface area contributed by atoms with E-state index in [1.54, 1.807) is 6.07 Å². The number of benzene rings is 2. The van der Waals surface area contributed by atoms with Gasteiger partial charge in [0, 0.05) is 22.3 Å². The van der Waals surface area contributed by atoms with Gasteiger partial charge in [-0.1, -0.05) is 23.2 Å². The first-order chi connectivity index (χ1) is 11.3. The second kappa shape index (κ2) is 6.55. The zero-order valence-corrected chi connectivity index (χ0v) is 16.0. The first-order valence-corrected chi connectivity index (χ1v) is 9.89. The largest absolute Gasteiger partial charge is 0.384 e. The van der Waals surface area contributed by atoms with Crippen molar-refractivity contribution in [2.45, 2.75) is 11.3 Å². The molecule has 1 amide bonds. The van der Waals surface area contributed by atoms with Gasteiger partial charge in [-0.25, -0.2) is 13.1 Å². The molecule has 0 atom stereocenters.